The van der Waals surface area contributed by atoms with E-state index in [-0.39, 0.29) is 0 Å². The lowest BCUT2D eigenvalue weighted by molar-refractivity contribution is 0.290. The van der Waals surface area contributed by atoms with Crippen molar-refractivity contribution in [1.29, 1.82) is 0 Å². The van der Waals surface area contributed by atoms with Gasteiger partial charge in [0.2, 0.25) is 5.88 Å². The Morgan fingerprint density at radius 2 is 2.00 bits per heavy atom. The fraction of sp³-hybridized carbons (Fsp3) is 0.267. The molecule has 0 atom stereocenters. The Morgan fingerprint density at radius 3 is 2.68 bits per heavy atom. The Morgan fingerprint density at radius 1 is 1.21 bits per heavy atom. The highest BCUT2D eigenvalue weighted by atomic mass is 35.5. The van der Waals surface area contributed by atoms with E-state index >= 15 is 0 Å². The summed E-state index contributed by atoms with van der Waals surface area (Å²) in [5.41, 5.74) is 3.97. The van der Waals surface area contributed by atoms with Gasteiger partial charge in [-0.05, 0) is 43.2 Å². The van der Waals surface area contributed by atoms with Crippen LogP contribution in [0.2, 0.25) is 5.02 Å². The van der Waals surface area contributed by atoms with Crippen LogP contribution in [-0.4, -0.2) is 4.98 Å². The first kappa shape index (κ1) is 14.2. The number of alkyl halides is 1. The van der Waals surface area contributed by atoms with Gasteiger partial charge in [-0.1, -0.05) is 23.7 Å². The lowest BCUT2D eigenvalue weighted by Crippen LogP contribution is -2.03. The number of nitrogens with zero attached hydrogens (tertiary/aromatic N) is 1. The van der Waals surface area contributed by atoms with Gasteiger partial charge in [-0.25, -0.2) is 4.98 Å². The third-order valence-electron chi connectivity index (χ3n) is 2.84. The first-order valence-electron chi connectivity index (χ1n) is 6.00. The second-order valence-corrected chi connectivity index (χ2v) is 5.12. The Kier molecular flexibility index (Phi) is 4.67. The van der Waals surface area contributed by atoms with E-state index in [9.17, 15) is 0 Å². The van der Waals surface area contributed by atoms with Gasteiger partial charge in [0.1, 0.15) is 6.61 Å². The van der Waals surface area contributed by atoms with Crippen LogP contribution in [-0.2, 0) is 12.5 Å². The zero-order valence-electron chi connectivity index (χ0n) is 10.9. The maximum absolute atomic E-state index is 5.96. The Labute approximate surface area is 123 Å². The van der Waals surface area contributed by atoms with Crippen molar-refractivity contribution in [2.75, 3.05) is 0 Å². The van der Waals surface area contributed by atoms with Crippen LogP contribution in [0.25, 0.3) is 0 Å². The number of aromatic nitrogens is 1. The second-order valence-electron chi connectivity index (χ2n) is 4.42. The highest BCUT2D eigenvalue weighted by Crippen LogP contribution is 2.24. The molecule has 0 fully saturated rings. The van der Waals surface area contributed by atoms with Crippen LogP contribution >= 0.6 is 23.2 Å². The quantitative estimate of drug-likeness (QED) is 0.765. The standard InChI is InChI=1S/C15H15Cl2NO/c1-10-6-11(2)18-15(14(10)8-16)19-9-12-4-3-5-13(17)7-12/h3-7H,8-9H2,1-2H3. The van der Waals surface area contributed by atoms with Crippen molar-refractivity contribution in [3.63, 3.8) is 0 Å². The Balaban J connectivity index is 2.19. The van der Waals surface area contributed by atoms with Crippen molar-refractivity contribution >= 4 is 23.2 Å². The number of aryl methyl sites for hydroxylation is 2. The van der Waals surface area contributed by atoms with Crippen LogP contribution in [0.15, 0.2) is 30.3 Å². The van der Waals surface area contributed by atoms with Crippen molar-refractivity contribution in [1.82, 2.24) is 4.98 Å². The molecule has 0 unspecified atom stereocenters. The molecule has 0 radical (unpaired) electrons. The lowest BCUT2D eigenvalue weighted by Gasteiger charge is -2.12. The molecule has 0 N–H and O–H groups in total. The summed E-state index contributed by atoms with van der Waals surface area (Å²) < 4.78 is 5.78. The third-order valence-corrected chi connectivity index (χ3v) is 3.34. The summed E-state index contributed by atoms with van der Waals surface area (Å²) in [5, 5.41) is 0.701. The molecule has 0 spiro atoms. The normalized spacial score (nSPS) is 10.5. The highest BCUT2D eigenvalue weighted by Gasteiger charge is 2.09. The summed E-state index contributed by atoms with van der Waals surface area (Å²) in [6.45, 7) is 4.39. The predicted octanol–water partition coefficient (Wildman–Crippen LogP) is 4.67. The van der Waals surface area contributed by atoms with Gasteiger partial charge in [0.05, 0.1) is 5.88 Å². The van der Waals surface area contributed by atoms with E-state index in [0.29, 0.717) is 23.4 Å². The van der Waals surface area contributed by atoms with Gasteiger partial charge in [0.25, 0.3) is 0 Å². The molecule has 19 heavy (non-hydrogen) atoms. The first-order valence-corrected chi connectivity index (χ1v) is 6.91. The third kappa shape index (κ3) is 3.62. The molecule has 0 saturated carbocycles. The van der Waals surface area contributed by atoms with Crippen molar-refractivity contribution < 1.29 is 4.74 Å². The minimum Gasteiger partial charge on any atom is -0.473 e. The van der Waals surface area contributed by atoms with Crippen molar-refractivity contribution in [3.8, 4) is 5.88 Å². The van der Waals surface area contributed by atoms with Crippen LogP contribution in [0, 0.1) is 13.8 Å². The molecule has 1 aromatic carbocycles. The number of ether oxygens (including phenoxy) is 1. The maximum atomic E-state index is 5.96. The summed E-state index contributed by atoms with van der Waals surface area (Å²) in [7, 11) is 0. The number of rotatable bonds is 4. The summed E-state index contributed by atoms with van der Waals surface area (Å²) in [6, 6.07) is 9.59. The summed E-state index contributed by atoms with van der Waals surface area (Å²) in [4.78, 5) is 4.40. The summed E-state index contributed by atoms with van der Waals surface area (Å²) in [5.74, 6) is 0.997. The minimum absolute atomic E-state index is 0.393. The number of hydrogen-bond acceptors (Lipinski definition) is 2. The van der Waals surface area contributed by atoms with Gasteiger partial charge in [0, 0.05) is 16.3 Å². The fourth-order valence-corrected chi connectivity index (χ4v) is 2.43. The molecular formula is C15H15Cl2NO. The highest BCUT2D eigenvalue weighted by molar-refractivity contribution is 6.30. The van der Waals surface area contributed by atoms with Crippen LogP contribution in [0.3, 0.4) is 0 Å². The van der Waals surface area contributed by atoms with Gasteiger partial charge in [-0.3, -0.25) is 0 Å². The molecule has 0 amide bonds. The minimum atomic E-state index is 0.393. The number of halogens is 2. The van der Waals surface area contributed by atoms with E-state index in [0.717, 1.165) is 22.4 Å². The monoisotopic (exact) mass is 295 g/mol. The van der Waals surface area contributed by atoms with E-state index in [4.69, 9.17) is 27.9 Å². The molecule has 2 aromatic rings. The van der Waals surface area contributed by atoms with E-state index in [1.54, 1.807) is 0 Å². The van der Waals surface area contributed by atoms with Crippen molar-refractivity contribution in [2.24, 2.45) is 0 Å². The zero-order chi connectivity index (χ0) is 13.8. The number of pyridine rings is 1. The van der Waals surface area contributed by atoms with Crippen LogP contribution in [0.5, 0.6) is 5.88 Å². The molecule has 0 aliphatic rings. The van der Waals surface area contributed by atoms with Gasteiger partial charge in [0.15, 0.2) is 0 Å². The molecule has 0 bridgehead atoms. The second kappa shape index (κ2) is 6.27. The molecule has 1 aromatic heterocycles. The van der Waals surface area contributed by atoms with Crippen LogP contribution < -0.4 is 4.74 Å². The zero-order valence-corrected chi connectivity index (χ0v) is 12.4. The van der Waals surface area contributed by atoms with Crippen molar-refractivity contribution in [3.05, 3.63) is 57.7 Å². The summed E-state index contributed by atoms with van der Waals surface area (Å²) >= 11 is 11.9. The van der Waals surface area contributed by atoms with Crippen LogP contribution in [0.4, 0.5) is 0 Å². The molecule has 0 aliphatic carbocycles. The number of benzene rings is 1. The van der Waals surface area contributed by atoms with Gasteiger partial charge in [-0.15, -0.1) is 11.6 Å². The van der Waals surface area contributed by atoms with Gasteiger partial charge < -0.3 is 4.74 Å². The van der Waals surface area contributed by atoms with E-state index in [2.05, 4.69) is 4.98 Å². The van der Waals surface area contributed by atoms with Crippen LogP contribution in [0.1, 0.15) is 22.4 Å². The first-order chi connectivity index (χ1) is 9.10. The predicted molar refractivity (Wildman–Crippen MR) is 79.1 cm³/mol. The molecule has 2 nitrogen and oxygen atoms in total. The SMILES string of the molecule is Cc1cc(C)c(CCl)c(OCc2cccc(Cl)c2)n1. The molecular weight excluding hydrogens is 281 g/mol. The Bertz CT molecular complexity index is 584. The molecule has 0 saturated heterocycles. The molecule has 0 aliphatic heterocycles. The van der Waals surface area contributed by atoms with E-state index < -0.39 is 0 Å². The molecule has 2 rings (SSSR count). The molecule has 4 heteroatoms. The molecule has 1 heterocycles. The van der Waals surface area contributed by atoms with Gasteiger partial charge in [-0.2, -0.15) is 0 Å². The molecule has 100 valence electrons. The Hall–Kier alpha value is -1.25. The van der Waals surface area contributed by atoms with E-state index in [1.807, 2.05) is 44.2 Å². The van der Waals surface area contributed by atoms with Gasteiger partial charge >= 0.3 is 0 Å². The van der Waals surface area contributed by atoms with E-state index in [1.165, 1.54) is 0 Å². The number of hydrogen-bond donors (Lipinski definition) is 0. The fourth-order valence-electron chi connectivity index (χ4n) is 1.89. The van der Waals surface area contributed by atoms with Crippen molar-refractivity contribution in [2.45, 2.75) is 26.3 Å². The smallest absolute Gasteiger partial charge is 0.218 e. The average Bonchev–Trinajstić information content (AvgIpc) is 2.36. The average molecular weight is 296 g/mol. The topological polar surface area (TPSA) is 22.1 Å². The lowest BCUT2D eigenvalue weighted by atomic mass is 10.1. The maximum Gasteiger partial charge on any atom is 0.218 e. The largest absolute Gasteiger partial charge is 0.473 e. The summed E-state index contributed by atoms with van der Waals surface area (Å²) in [6.07, 6.45) is 0.